The van der Waals surface area contributed by atoms with Gasteiger partial charge in [0.05, 0.1) is 12.2 Å². The van der Waals surface area contributed by atoms with Gasteiger partial charge in [0.15, 0.2) is 17.4 Å². The summed E-state index contributed by atoms with van der Waals surface area (Å²) in [4.78, 5) is 22.9. The number of hydrogen-bond acceptors (Lipinski definition) is 6. The Labute approximate surface area is 151 Å². The topological polar surface area (TPSA) is 89.1 Å². The fourth-order valence-corrected chi connectivity index (χ4v) is 2.60. The minimum atomic E-state index is -0.158. The summed E-state index contributed by atoms with van der Waals surface area (Å²) in [6, 6.07) is 7.31. The predicted octanol–water partition coefficient (Wildman–Crippen LogP) is 2.35. The van der Waals surface area contributed by atoms with Crippen LogP contribution in [0, 0.1) is 20.8 Å². The Balaban J connectivity index is 2.04. The zero-order valence-electron chi connectivity index (χ0n) is 15.6. The molecule has 3 aromatic heterocycles. The van der Waals surface area contributed by atoms with Crippen molar-refractivity contribution in [2.24, 2.45) is 0 Å². The summed E-state index contributed by atoms with van der Waals surface area (Å²) in [5, 5.41) is 7.28. The Morgan fingerprint density at radius 2 is 1.96 bits per heavy atom. The van der Waals surface area contributed by atoms with Crippen LogP contribution >= 0.6 is 0 Å². The minimum Gasteiger partial charge on any atom is -0.458 e. The number of aromatic nitrogens is 4. The normalized spacial score (nSPS) is 11.2. The quantitative estimate of drug-likeness (QED) is 0.756. The molecule has 0 aliphatic rings. The van der Waals surface area contributed by atoms with Gasteiger partial charge in [-0.25, -0.2) is 14.6 Å². The first-order chi connectivity index (χ1) is 12.3. The third-order valence-electron chi connectivity index (χ3n) is 3.63. The molecular weight excluding hydrogens is 332 g/mol. The molecule has 1 N–H and O–H groups in total. The molecule has 0 saturated carbocycles. The van der Waals surface area contributed by atoms with Crippen molar-refractivity contribution in [1.82, 2.24) is 24.6 Å². The van der Waals surface area contributed by atoms with Crippen molar-refractivity contribution >= 4 is 11.7 Å². The molecule has 3 aromatic rings. The zero-order valence-corrected chi connectivity index (χ0v) is 15.6. The van der Waals surface area contributed by atoms with Crippen LogP contribution in [-0.4, -0.2) is 51.2 Å². The van der Waals surface area contributed by atoms with E-state index in [1.165, 1.54) is 0 Å². The number of carbonyl (C=O) groups is 1. The van der Waals surface area contributed by atoms with E-state index < -0.39 is 0 Å². The molecule has 0 bridgehead atoms. The molecule has 0 aromatic carbocycles. The van der Waals surface area contributed by atoms with E-state index in [0.717, 1.165) is 17.1 Å². The fraction of sp³-hybridized carbons (Fsp3) is 0.333. The van der Waals surface area contributed by atoms with Crippen LogP contribution in [0.3, 0.4) is 0 Å². The number of nitrogens with one attached hydrogen (secondary N) is 1. The summed E-state index contributed by atoms with van der Waals surface area (Å²) in [6.45, 7) is 5.98. The van der Waals surface area contributed by atoms with Gasteiger partial charge >= 0.3 is 0 Å². The van der Waals surface area contributed by atoms with E-state index in [-0.39, 0.29) is 12.5 Å². The highest BCUT2D eigenvalue weighted by molar-refractivity contribution is 5.91. The van der Waals surface area contributed by atoms with Gasteiger partial charge in [0, 0.05) is 11.8 Å². The van der Waals surface area contributed by atoms with Gasteiger partial charge in [-0.1, -0.05) is 0 Å². The first-order valence-corrected chi connectivity index (χ1v) is 8.26. The maximum atomic E-state index is 12.1. The lowest BCUT2D eigenvalue weighted by molar-refractivity contribution is -0.116. The van der Waals surface area contributed by atoms with Crippen molar-refractivity contribution in [3.05, 3.63) is 41.4 Å². The summed E-state index contributed by atoms with van der Waals surface area (Å²) in [5.74, 6) is 2.50. The average Bonchev–Trinajstić information content (AvgIpc) is 3.11. The number of amides is 1. The molecule has 0 radical (unpaired) electrons. The maximum absolute atomic E-state index is 12.1. The van der Waals surface area contributed by atoms with Gasteiger partial charge < -0.3 is 14.6 Å². The van der Waals surface area contributed by atoms with Crippen LogP contribution in [0.25, 0.3) is 17.4 Å². The molecule has 1 amide bonds. The van der Waals surface area contributed by atoms with E-state index in [2.05, 4.69) is 20.4 Å². The van der Waals surface area contributed by atoms with Gasteiger partial charge in [0.25, 0.3) is 0 Å². The molecule has 0 unspecified atom stereocenters. The third-order valence-corrected chi connectivity index (χ3v) is 3.63. The summed E-state index contributed by atoms with van der Waals surface area (Å²) >= 11 is 0. The minimum absolute atomic E-state index is 0.158. The molecule has 0 spiro atoms. The lowest BCUT2D eigenvalue weighted by atomic mass is 10.3. The Morgan fingerprint density at radius 3 is 2.54 bits per heavy atom. The first-order valence-electron chi connectivity index (χ1n) is 8.26. The monoisotopic (exact) mass is 354 g/mol. The molecular formula is C18H22N6O2. The van der Waals surface area contributed by atoms with Crippen molar-refractivity contribution in [3.8, 4) is 17.4 Å². The number of hydrogen-bond donors (Lipinski definition) is 1. The molecule has 8 heteroatoms. The van der Waals surface area contributed by atoms with Gasteiger partial charge in [0.1, 0.15) is 11.6 Å². The van der Waals surface area contributed by atoms with Crippen molar-refractivity contribution < 1.29 is 9.21 Å². The van der Waals surface area contributed by atoms with Crippen molar-refractivity contribution in [3.63, 3.8) is 0 Å². The molecule has 3 rings (SSSR count). The summed E-state index contributed by atoms with van der Waals surface area (Å²) < 4.78 is 7.36. The smallest absolute Gasteiger partial charge is 0.239 e. The van der Waals surface area contributed by atoms with Crippen LogP contribution < -0.4 is 5.32 Å². The molecule has 136 valence electrons. The largest absolute Gasteiger partial charge is 0.458 e. The number of likely N-dealkylation sites (N-methyl/N-ethyl adjacent to an activating group) is 1. The van der Waals surface area contributed by atoms with Crippen LogP contribution in [0.1, 0.15) is 17.1 Å². The summed E-state index contributed by atoms with van der Waals surface area (Å²) in [5.41, 5.74) is 1.82. The molecule has 8 nitrogen and oxygen atoms in total. The van der Waals surface area contributed by atoms with Crippen molar-refractivity contribution in [2.75, 3.05) is 26.0 Å². The van der Waals surface area contributed by atoms with Gasteiger partial charge in [-0.3, -0.25) is 4.79 Å². The highest BCUT2D eigenvalue weighted by atomic mass is 16.3. The number of aryl methyl sites for hydroxylation is 3. The molecule has 0 fully saturated rings. The maximum Gasteiger partial charge on any atom is 0.239 e. The van der Waals surface area contributed by atoms with Crippen LogP contribution in [0.5, 0.6) is 0 Å². The number of carbonyl (C=O) groups excluding carboxylic acids is 1. The lowest BCUT2D eigenvalue weighted by Gasteiger charge is -2.12. The summed E-state index contributed by atoms with van der Waals surface area (Å²) in [7, 11) is 3.66. The fourth-order valence-electron chi connectivity index (χ4n) is 2.60. The summed E-state index contributed by atoms with van der Waals surface area (Å²) in [6.07, 6.45) is 0. The van der Waals surface area contributed by atoms with Gasteiger partial charge in [-0.2, -0.15) is 5.10 Å². The molecule has 0 aliphatic carbocycles. The molecule has 0 atom stereocenters. The van der Waals surface area contributed by atoms with Gasteiger partial charge in [0.2, 0.25) is 5.91 Å². The lowest BCUT2D eigenvalue weighted by Crippen LogP contribution is -2.27. The molecule has 26 heavy (non-hydrogen) atoms. The van der Waals surface area contributed by atoms with Crippen LogP contribution in [0.2, 0.25) is 0 Å². The standard InChI is InChI=1S/C18H22N6O2/c1-11-8-12(2)24(22-11)16-9-15(19-17(25)10-23(4)5)20-18(21-16)14-7-6-13(3)26-14/h6-9H,10H2,1-5H3,(H,19,20,21,25). The second-order valence-electron chi connectivity index (χ2n) is 6.47. The van der Waals surface area contributed by atoms with E-state index in [0.29, 0.717) is 23.2 Å². The zero-order chi connectivity index (χ0) is 18.8. The highest BCUT2D eigenvalue weighted by Gasteiger charge is 2.15. The Bertz CT molecular complexity index is 941. The Kier molecular flexibility index (Phi) is 4.85. The third kappa shape index (κ3) is 3.97. The number of nitrogens with zero attached hydrogens (tertiary/aromatic N) is 5. The van der Waals surface area contributed by atoms with Crippen molar-refractivity contribution in [2.45, 2.75) is 20.8 Å². The number of anilines is 1. The number of rotatable bonds is 5. The van der Waals surface area contributed by atoms with Crippen LogP contribution in [0.4, 0.5) is 5.82 Å². The Hall–Kier alpha value is -3.00. The molecule has 0 aliphatic heterocycles. The highest BCUT2D eigenvalue weighted by Crippen LogP contribution is 2.22. The first kappa shape index (κ1) is 17.8. The van der Waals surface area contributed by atoms with E-state index in [1.807, 2.05) is 47.0 Å². The van der Waals surface area contributed by atoms with E-state index in [4.69, 9.17) is 4.42 Å². The van der Waals surface area contributed by atoms with Crippen LogP contribution in [0.15, 0.2) is 28.7 Å². The van der Waals surface area contributed by atoms with Crippen LogP contribution in [-0.2, 0) is 4.79 Å². The van der Waals surface area contributed by atoms with E-state index in [1.54, 1.807) is 21.7 Å². The SMILES string of the molecule is Cc1cc(C)n(-c2cc(NC(=O)CN(C)C)nc(-c3ccc(C)o3)n2)n1. The van der Waals surface area contributed by atoms with Gasteiger partial charge in [-0.05, 0) is 53.1 Å². The molecule has 3 heterocycles. The van der Waals surface area contributed by atoms with Gasteiger partial charge in [-0.15, -0.1) is 0 Å². The van der Waals surface area contributed by atoms with Crippen molar-refractivity contribution in [1.29, 1.82) is 0 Å². The average molecular weight is 354 g/mol. The van der Waals surface area contributed by atoms with E-state index >= 15 is 0 Å². The predicted molar refractivity (Wildman–Crippen MR) is 98.3 cm³/mol. The Morgan fingerprint density at radius 1 is 1.19 bits per heavy atom. The number of furan rings is 1. The van der Waals surface area contributed by atoms with E-state index in [9.17, 15) is 4.79 Å². The second-order valence-corrected chi connectivity index (χ2v) is 6.47. The molecule has 0 saturated heterocycles. The second kappa shape index (κ2) is 7.09.